The van der Waals surface area contributed by atoms with E-state index in [2.05, 4.69) is 9.97 Å². The van der Waals surface area contributed by atoms with E-state index in [9.17, 15) is 4.79 Å². The highest BCUT2D eigenvalue weighted by atomic mass is 16.5. The molecule has 0 N–H and O–H groups in total. The summed E-state index contributed by atoms with van der Waals surface area (Å²) < 4.78 is 4.92. The zero-order valence-electron chi connectivity index (χ0n) is 9.48. The highest BCUT2D eigenvalue weighted by Crippen LogP contribution is 2.31. The largest absolute Gasteiger partial charge is 0.461 e. The Morgan fingerprint density at radius 1 is 1.50 bits per heavy atom. The van der Waals surface area contributed by atoms with Crippen LogP contribution in [0.4, 0.5) is 0 Å². The maximum atomic E-state index is 11.5. The van der Waals surface area contributed by atoms with Gasteiger partial charge in [0.2, 0.25) is 0 Å². The van der Waals surface area contributed by atoms with Crippen molar-refractivity contribution in [1.82, 2.24) is 9.97 Å². The molecule has 0 atom stereocenters. The number of carbonyl (C=O) groups excluding carboxylic acids is 1. The lowest BCUT2D eigenvalue weighted by Gasteiger charge is -2.08. The van der Waals surface area contributed by atoms with Gasteiger partial charge in [0.05, 0.1) is 6.61 Å². The van der Waals surface area contributed by atoms with Gasteiger partial charge in [-0.2, -0.15) is 0 Å². The summed E-state index contributed by atoms with van der Waals surface area (Å²) in [5, 5.41) is 0. The van der Waals surface area contributed by atoms with Crippen molar-refractivity contribution in [1.29, 1.82) is 0 Å². The molecule has 1 aliphatic carbocycles. The monoisotopic (exact) mass is 220 g/mol. The van der Waals surface area contributed by atoms with Gasteiger partial charge in [0.25, 0.3) is 0 Å². The number of ether oxygens (including phenoxy) is 1. The van der Waals surface area contributed by atoms with Crippen LogP contribution in [0.1, 0.15) is 54.8 Å². The molecule has 1 aromatic rings. The first-order valence-electron chi connectivity index (χ1n) is 5.81. The van der Waals surface area contributed by atoms with E-state index < -0.39 is 0 Å². The van der Waals surface area contributed by atoms with Crippen LogP contribution in [-0.4, -0.2) is 22.5 Å². The number of hydrogen-bond acceptors (Lipinski definition) is 4. The minimum absolute atomic E-state index is 0.357. The average Bonchev–Trinajstić information content (AvgIpc) is 2.83. The molecule has 16 heavy (non-hydrogen) atoms. The van der Waals surface area contributed by atoms with Gasteiger partial charge in [0.15, 0.2) is 5.69 Å². The van der Waals surface area contributed by atoms with Crippen molar-refractivity contribution in [3.63, 3.8) is 0 Å². The normalized spacial score (nSPS) is 16.3. The van der Waals surface area contributed by atoms with Gasteiger partial charge in [0, 0.05) is 12.1 Å². The summed E-state index contributed by atoms with van der Waals surface area (Å²) in [7, 11) is 0. The standard InChI is InChI=1S/C12H16N2O2/c1-2-16-12(15)10-7-8-13-11(14-10)9-5-3-4-6-9/h7-9H,2-6H2,1H3. The second kappa shape index (κ2) is 5.05. The molecule has 1 aliphatic rings. The first-order valence-corrected chi connectivity index (χ1v) is 5.81. The lowest BCUT2D eigenvalue weighted by Crippen LogP contribution is -2.10. The van der Waals surface area contributed by atoms with E-state index in [0.29, 0.717) is 18.2 Å². The zero-order valence-corrected chi connectivity index (χ0v) is 9.48. The fraction of sp³-hybridized carbons (Fsp3) is 0.583. The van der Waals surface area contributed by atoms with Crippen molar-refractivity contribution >= 4 is 5.97 Å². The number of nitrogens with zero attached hydrogens (tertiary/aromatic N) is 2. The Morgan fingerprint density at radius 2 is 2.25 bits per heavy atom. The molecule has 1 heterocycles. The fourth-order valence-electron chi connectivity index (χ4n) is 2.07. The Bertz CT molecular complexity index is 373. The molecular formula is C12H16N2O2. The third kappa shape index (κ3) is 2.38. The zero-order chi connectivity index (χ0) is 11.4. The summed E-state index contributed by atoms with van der Waals surface area (Å²) in [4.78, 5) is 20.0. The van der Waals surface area contributed by atoms with Crippen molar-refractivity contribution in [3.05, 3.63) is 23.8 Å². The van der Waals surface area contributed by atoms with E-state index in [1.165, 1.54) is 12.8 Å². The molecular weight excluding hydrogens is 204 g/mol. The van der Waals surface area contributed by atoms with Gasteiger partial charge in [-0.15, -0.1) is 0 Å². The summed E-state index contributed by atoms with van der Waals surface area (Å²) in [6.07, 6.45) is 6.38. The molecule has 0 aliphatic heterocycles. The van der Waals surface area contributed by atoms with Crippen LogP contribution in [0.25, 0.3) is 0 Å². The smallest absolute Gasteiger partial charge is 0.357 e. The quantitative estimate of drug-likeness (QED) is 0.733. The molecule has 1 aromatic heterocycles. The molecule has 4 heteroatoms. The Hall–Kier alpha value is -1.45. The first-order chi connectivity index (χ1) is 7.81. The summed E-state index contributed by atoms with van der Waals surface area (Å²) in [6.45, 7) is 2.17. The van der Waals surface area contributed by atoms with E-state index in [0.717, 1.165) is 18.7 Å². The Morgan fingerprint density at radius 3 is 2.94 bits per heavy atom. The van der Waals surface area contributed by atoms with Gasteiger partial charge in [-0.3, -0.25) is 0 Å². The van der Waals surface area contributed by atoms with E-state index in [4.69, 9.17) is 4.74 Å². The Kier molecular flexibility index (Phi) is 3.49. The number of aromatic nitrogens is 2. The minimum atomic E-state index is -0.357. The molecule has 0 radical (unpaired) electrons. The molecule has 1 saturated carbocycles. The number of carbonyl (C=O) groups is 1. The predicted octanol–water partition coefficient (Wildman–Crippen LogP) is 2.31. The van der Waals surface area contributed by atoms with Crippen molar-refractivity contribution in [2.75, 3.05) is 6.61 Å². The van der Waals surface area contributed by atoms with Crippen molar-refractivity contribution in [2.24, 2.45) is 0 Å². The molecule has 1 fully saturated rings. The third-order valence-electron chi connectivity index (χ3n) is 2.88. The SMILES string of the molecule is CCOC(=O)c1ccnc(C2CCCC2)n1. The molecule has 0 aromatic carbocycles. The summed E-state index contributed by atoms with van der Waals surface area (Å²) in [5.74, 6) is 0.863. The van der Waals surface area contributed by atoms with Gasteiger partial charge in [-0.1, -0.05) is 12.8 Å². The van der Waals surface area contributed by atoms with Crippen LogP contribution >= 0.6 is 0 Å². The van der Waals surface area contributed by atoms with Crippen LogP contribution < -0.4 is 0 Å². The van der Waals surface area contributed by atoms with Crippen LogP contribution in [-0.2, 0) is 4.74 Å². The molecule has 4 nitrogen and oxygen atoms in total. The molecule has 0 unspecified atom stereocenters. The number of esters is 1. The highest BCUT2D eigenvalue weighted by Gasteiger charge is 2.20. The van der Waals surface area contributed by atoms with Crippen molar-refractivity contribution < 1.29 is 9.53 Å². The van der Waals surface area contributed by atoms with E-state index >= 15 is 0 Å². The first kappa shape index (κ1) is 11.0. The molecule has 0 spiro atoms. The molecule has 0 bridgehead atoms. The second-order valence-electron chi connectivity index (χ2n) is 4.00. The van der Waals surface area contributed by atoms with Gasteiger partial charge in [-0.05, 0) is 25.8 Å². The van der Waals surface area contributed by atoms with Crippen molar-refractivity contribution in [3.8, 4) is 0 Å². The topological polar surface area (TPSA) is 52.1 Å². The van der Waals surface area contributed by atoms with E-state index in [1.54, 1.807) is 19.2 Å². The lowest BCUT2D eigenvalue weighted by atomic mass is 10.1. The summed E-state index contributed by atoms with van der Waals surface area (Å²) >= 11 is 0. The van der Waals surface area contributed by atoms with Crippen LogP contribution in [0, 0.1) is 0 Å². The lowest BCUT2D eigenvalue weighted by molar-refractivity contribution is 0.0518. The van der Waals surface area contributed by atoms with Crippen LogP contribution in [0.2, 0.25) is 0 Å². The molecule has 86 valence electrons. The van der Waals surface area contributed by atoms with Crippen LogP contribution in [0.15, 0.2) is 12.3 Å². The second-order valence-corrected chi connectivity index (χ2v) is 4.00. The van der Waals surface area contributed by atoms with E-state index in [-0.39, 0.29) is 5.97 Å². The maximum Gasteiger partial charge on any atom is 0.357 e. The van der Waals surface area contributed by atoms with Gasteiger partial charge in [-0.25, -0.2) is 14.8 Å². The number of hydrogen-bond donors (Lipinski definition) is 0. The minimum Gasteiger partial charge on any atom is -0.461 e. The van der Waals surface area contributed by atoms with Crippen LogP contribution in [0.3, 0.4) is 0 Å². The Balaban J connectivity index is 2.15. The van der Waals surface area contributed by atoms with Gasteiger partial charge >= 0.3 is 5.97 Å². The number of rotatable bonds is 3. The molecule has 2 rings (SSSR count). The van der Waals surface area contributed by atoms with E-state index in [1.807, 2.05) is 0 Å². The Labute approximate surface area is 95.1 Å². The van der Waals surface area contributed by atoms with Crippen LogP contribution in [0.5, 0.6) is 0 Å². The summed E-state index contributed by atoms with van der Waals surface area (Å²) in [5.41, 5.74) is 0.374. The summed E-state index contributed by atoms with van der Waals surface area (Å²) in [6, 6.07) is 1.61. The van der Waals surface area contributed by atoms with Gasteiger partial charge in [0.1, 0.15) is 5.82 Å². The van der Waals surface area contributed by atoms with Gasteiger partial charge < -0.3 is 4.74 Å². The maximum absolute atomic E-state index is 11.5. The molecule has 0 saturated heterocycles. The predicted molar refractivity (Wildman–Crippen MR) is 59.2 cm³/mol. The molecule has 0 amide bonds. The average molecular weight is 220 g/mol. The van der Waals surface area contributed by atoms with Crippen molar-refractivity contribution in [2.45, 2.75) is 38.5 Å². The fourth-order valence-corrected chi connectivity index (χ4v) is 2.07. The third-order valence-corrected chi connectivity index (χ3v) is 2.88. The highest BCUT2D eigenvalue weighted by molar-refractivity contribution is 5.87.